The number of pyridine rings is 1. The molecule has 0 saturated heterocycles. The van der Waals surface area contributed by atoms with Gasteiger partial charge in [0.15, 0.2) is 0 Å². The van der Waals surface area contributed by atoms with Gasteiger partial charge in [0.05, 0.1) is 12.2 Å². The molecular formula is C8H8BrNO3. The molecule has 0 atom stereocenters. The Bertz CT molecular complexity index is 327. The highest BCUT2D eigenvalue weighted by Crippen LogP contribution is 2.21. The molecule has 0 aromatic carbocycles. The molecule has 1 aromatic rings. The first-order valence-corrected chi connectivity index (χ1v) is 4.46. The van der Waals surface area contributed by atoms with Crippen molar-refractivity contribution < 1.29 is 14.6 Å². The van der Waals surface area contributed by atoms with Gasteiger partial charge in [-0.15, -0.1) is 0 Å². The number of ether oxygens (including phenoxy) is 1. The summed E-state index contributed by atoms with van der Waals surface area (Å²) in [6, 6.07) is 1.30. The summed E-state index contributed by atoms with van der Waals surface area (Å²) in [5.41, 5.74) is 0.238. The van der Waals surface area contributed by atoms with Gasteiger partial charge in [0.25, 0.3) is 0 Å². The normalized spacial score (nSPS) is 9.69. The zero-order valence-corrected chi connectivity index (χ0v) is 8.54. The third-order valence-electron chi connectivity index (χ3n) is 1.33. The first-order valence-electron chi connectivity index (χ1n) is 3.66. The summed E-state index contributed by atoms with van der Waals surface area (Å²) in [6.45, 7) is 2.01. The van der Waals surface area contributed by atoms with Crippen LogP contribution in [0.25, 0.3) is 0 Å². The Morgan fingerprint density at radius 2 is 2.46 bits per heavy atom. The number of hydrogen-bond donors (Lipinski definition) is 1. The van der Waals surface area contributed by atoms with Crippen molar-refractivity contribution in [2.45, 2.75) is 6.92 Å². The smallest absolute Gasteiger partial charge is 0.339 e. The predicted molar refractivity (Wildman–Crippen MR) is 49.6 cm³/mol. The van der Waals surface area contributed by atoms with Gasteiger partial charge in [0, 0.05) is 6.20 Å². The molecule has 0 amide bonds. The summed E-state index contributed by atoms with van der Waals surface area (Å²) in [6.07, 6.45) is 1.34. The third kappa shape index (κ3) is 2.42. The molecule has 5 heteroatoms. The van der Waals surface area contributed by atoms with E-state index in [4.69, 9.17) is 4.74 Å². The molecular weight excluding hydrogens is 238 g/mol. The first kappa shape index (κ1) is 9.98. The first-order chi connectivity index (χ1) is 6.15. The molecule has 0 aliphatic heterocycles. The minimum atomic E-state index is -0.488. The van der Waals surface area contributed by atoms with Gasteiger partial charge in [-0.25, -0.2) is 9.78 Å². The summed E-state index contributed by atoms with van der Waals surface area (Å²) in [4.78, 5) is 14.9. The van der Waals surface area contributed by atoms with Crippen LogP contribution in [0.2, 0.25) is 0 Å². The lowest BCUT2D eigenvalue weighted by molar-refractivity contribution is 0.0525. The second-order valence-corrected chi connectivity index (χ2v) is 3.01. The Kier molecular flexibility index (Phi) is 3.25. The van der Waals surface area contributed by atoms with Gasteiger partial charge in [0.2, 0.25) is 0 Å². The molecule has 0 fully saturated rings. The van der Waals surface area contributed by atoms with Crippen molar-refractivity contribution in [2.75, 3.05) is 6.61 Å². The quantitative estimate of drug-likeness (QED) is 0.637. The Hall–Kier alpha value is -1.10. The highest BCUT2D eigenvalue weighted by molar-refractivity contribution is 9.10. The molecule has 70 valence electrons. The highest BCUT2D eigenvalue weighted by Gasteiger charge is 2.09. The van der Waals surface area contributed by atoms with Crippen LogP contribution >= 0.6 is 15.9 Å². The zero-order chi connectivity index (χ0) is 9.84. The van der Waals surface area contributed by atoms with Crippen molar-refractivity contribution in [3.05, 3.63) is 22.4 Å². The maximum atomic E-state index is 11.1. The fraction of sp³-hybridized carbons (Fsp3) is 0.250. The van der Waals surface area contributed by atoms with Gasteiger partial charge in [-0.05, 0) is 28.9 Å². The fourth-order valence-corrected chi connectivity index (χ4v) is 0.979. The predicted octanol–water partition coefficient (Wildman–Crippen LogP) is 1.73. The van der Waals surface area contributed by atoms with Crippen molar-refractivity contribution in [1.29, 1.82) is 0 Å². The molecule has 0 aliphatic carbocycles. The number of halogens is 1. The van der Waals surface area contributed by atoms with E-state index in [1.54, 1.807) is 6.92 Å². The van der Waals surface area contributed by atoms with E-state index in [1.807, 2.05) is 0 Å². The second-order valence-electron chi connectivity index (χ2n) is 2.25. The standard InChI is InChI=1S/C8H8BrNO3/c1-2-13-8(12)5-3-6(11)7(9)10-4-5/h3-4,11H,2H2,1H3. The van der Waals surface area contributed by atoms with Gasteiger partial charge in [-0.1, -0.05) is 0 Å². The second kappa shape index (κ2) is 4.23. The maximum Gasteiger partial charge on any atom is 0.339 e. The van der Waals surface area contributed by atoms with Crippen LogP contribution in [0.5, 0.6) is 5.75 Å². The number of aromatic hydroxyl groups is 1. The molecule has 1 heterocycles. The molecule has 13 heavy (non-hydrogen) atoms. The summed E-state index contributed by atoms with van der Waals surface area (Å²) in [5.74, 6) is -0.566. The Labute approximate surface area is 83.7 Å². The molecule has 0 radical (unpaired) electrons. The van der Waals surface area contributed by atoms with Crippen LogP contribution < -0.4 is 0 Å². The Balaban J connectivity index is 2.90. The lowest BCUT2D eigenvalue weighted by Gasteiger charge is -2.01. The minimum Gasteiger partial charge on any atom is -0.505 e. The van der Waals surface area contributed by atoms with Gasteiger partial charge >= 0.3 is 5.97 Å². The molecule has 0 unspecified atom stereocenters. The topological polar surface area (TPSA) is 59.4 Å². The van der Waals surface area contributed by atoms with Crippen molar-refractivity contribution in [1.82, 2.24) is 4.98 Å². The van der Waals surface area contributed by atoms with E-state index in [0.29, 0.717) is 11.2 Å². The average molecular weight is 246 g/mol. The van der Waals surface area contributed by atoms with E-state index in [1.165, 1.54) is 12.3 Å². The van der Waals surface area contributed by atoms with Crippen LogP contribution in [-0.2, 0) is 4.74 Å². The number of hydrogen-bond acceptors (Lipinski definition) is 4. The summed E-state index contributed by atoms with van der Waals surface area (Å²) >= 11 is 3.00. The van der Waals surface area contributed by atoms with Crippen LogP contribution in [0, 0.1) is 0 Å². The van der Waals surface area contributed by atoms with Crippen LogP contribution in [0.15, 0.2) is 16.9 Å². The van der Waals surface area contributed by atoms with Crippen LogP contribution in [0.4, 0.5) is 0 Å². The monoisotopic (exact) mass is 245 g/mol. The van der Waals surface area contributed by atoms with Gasteiger partial charge in [0.1, 0.15) is 10.4 Å². The molecule has 0 aliphatic rings. The van der Waals surface area contributed by atoms with Crippen molar-refractivity contribution in [2.24, 2.45) is 0 Å². The van der Waals surface area contributed by atoms with E-state index in [9.17, 15) is 9.90 Å². The number of carbonyl (C=O) groups is 1. The van der Waals surface area contributed by atoms with Crippen LogP contribution in [0.1, 0.15) is 17.3 Å². The van der Waals surface area contributed by atoms with E-state index in [0.717, 1.165) is 0 Å². The fourth-order valence-electron chi connectivity index (χ4n) is 0.763. The van der Waals surface area contributed by atoms with Crippen molar-refractivity contribution in [3.8, 4) is 5.75 Å². The minimum absolute atomic E-state index is 0.0782. The average Bonchev–Trinajstić information content (AvgIpc) is 2.10. The lowest BCUT2D eigenvalue weighted by Crippen LogP contribution is -2.04. The summed E-state index contributed by atoms with van der Waals surface area (Å²) in [7, 11) is 0. The number of aromatic nitrogens is 1. The van der Waals surface area contributed by atoms with Crippen LogP contribution in [-0.4, -0.2) is 22.7 Å². The number of esters is 1. The third-order valence-corrected chi connectivity index (χ3v) is 1.94. The lowest BCUT2D eigenvalue weighted by atomic mass is 10.3. The number of carbonyl (C=O) groups excluding carboxylic acids is 1. The van der Waals surface area contributed by atoms with Crippen LogP contribution in [0.3, 0.4) is 0 Å². The molecule has 0 spiro atoms. The van der Waals surface area contributed by atoms with E-state index in [2.05, 4.69) is 20.9 Å². The largest absolute Gasteiger partial charge is 0.505 e. The summed E-state index contributed by atoms with van der Waals surface area (Å²) < 4.78 is 5.02. The van der Waals surface area contributed by atoms with E-state index < -0.39 is 5.97 Å². The van der Waals surface area contributed by atoms with E-state index in [-0.39, 0.29) is 11.3 Å². The molecule has 0 bridgehead atoms. The number of rotatable bonds is 2. The molecule has 1 aromatic heterocycles. The maximum absolute atomic E-state index is 11.1. The number of nitrogens with zero attached hydrogens (tertiary/aromatic N) is 1. The van der Waals surface area contributed by atoms with Gasteiger partial charge in [-0.2, -0.15) is 0 Å². The zero-order valence-electron chi connectivity index (χ0n) is 6.95. The van der Waals surface area contributed by atoms with Crippen molar-refractivity contribution in [3.63, 3.8) is 0 Å². The SMILES string of the molecule is CCOC(=O)c1cnc(Br)c(O)c1. The highest BCUT2D eigenvalue weighted by atomic mass is 79.9. The van der Waals surface area contributed by atoms with E-state index >= 15 is 0 Å². The van der Waals surface area contributed by atoms with Gasteiger partial charge in [-0.3, -0.25) is 0 Å². The molecule has 1 N–H and O–H groups in total. The molecule has 0 saturated carbocycles. The Morgan fingerprint density at radius 3 is 3.00 bits per heavy atom. The van der Waals surface area contributed by atoms with Crippen molar-refractivity contribution >= 4 is 21.9 Å². The molecule has 1 rings (SSSR count). The Morgan fingerprint density at radius 1 is 1.77 bits per heavy atom. The summed E-state index contributed by atoms with van der Waals surface area (Å²) in [5, 5.41) is 9.20. The van der Waals surface area contributed by atoms with Gasteiger partial charge < -0.3 is 9.84 Å². The molecule has 4 nitrogen and oxygen atoms in total.